The van der Waals surface area contributed by atoms with Crippen molar-refractivity contribution in [3.8, 4) is 11.1 Å². The van der Waals surface area contributed by atoms with Gasteiger partial charge in [0.15, 0.2) is 0 Å². The molecule has 0 aliphatic carbocycles. The molecule has 1 aliphatic heterocycles. The first-order valence-corrected chi connectivity index (χ1v) is 8.21. The molecule has 2 aromatic rings. The Morgan fingerprint density at radius 3 is 2.58 bits per heavy atom. The van der Waals surface area contributed by atoms with E-state index in [1.165, 1.54) is 0 Å². The fourth-order valence-corrected chi connectivity index (χ4v) is 2.65. The van der Waals surface area contributed by atoms with Crippen molar-refractivity contribution in [2.75, 3.05) is 39.5 Å². The van der Waals surface area contributed by atoms with Crippen LogP contribution in [-0.2, 0) is 9.57 Å². The minimum Gasteiger partial charge on any atom is -0.379 e. The van der Waals surface area contributed by atoms with E-state index in [1.54, 1.807) is 6.07 Å². The summed E-state index contributed by atoms with van der Waals surface area (Å²) >= 11 is 0. The SMILES string of the molecule is O=C(NOCCN1CCOCC1)c1cccc(-c2ccccc2)c1. The van der Waals surface area contributed by atoms with Crippen molar-refractivity contribution in [2.45, 2.75) is 0 Å². The molecule has 0 bridgehead atoms. The Hall–Kier alpha value is -2.21. The van der Waals surface area contributed by atoms with Crippen molar-refractivity contribution in [3.05, 3.63) is 60.2 Å². The third kappa shape index (κ3) is 4.64. The van der Waals surface area contributed by atoms with Crippen molar-refractivity contribution in [2.24, 2.45) is 0 Å². The van der Waals surface area contributed by atoms with Crippen LogP contribution in [0.3, 0.4) is 0 Å². The normalized spacial score (nSPS) is 15.2. The molecule has 0 saturated carbocycles. The smallest absolute Gasteiger partial charge is 0.274 e. The molecule has 2 aromatic carbocycles. The average Bonchev–Trinajstić information content (AvgIpc) is 2.67. The molecule has 3 rings (SSSR count). The van der Waals surface area contributed by atoms with Crippen LogP contribution in [0.25, 0.3) is 11.1 Å². The van der Waals surface area contributed by atoms with Gasteiger partial charge in [0.1, 0.15) is 0 Å². The number of amides is 1. The van der Waals surface area contributed by atoms with Gasteiger partial charge in [-0.3, -0.25) is 14.5 Å². The van der Waals surface area contributed by atoms with Gasteiger partial charge in [-0.05, 0) is 23.3 Å². The molecule has 0 unspecified atom stereocenters. The molecular formula is C19H22N2O3. The van der Waals surface area contributed by atoms with E-state index < -0.39 is 0 Å². The Kier molecular flexibility index (Phi) is 5.96. The molecule has 1 N–H and O–H groups in total. The lowest BCUT2D eigenvalue weighted by Gasteiger charge is -2.26. The molecule has 0 spiro atoms. The van der Waals surface area contributed by atoms with Crippen molar-refractivity contribution in [3.63, 3.8) is 0 Å². The summed E-state index contributed by atoms with van der Waals surface area (Å²) < 4.78 is 5.30. The minimum atomic E-state index is -0.227. The van der Waals surface area contributed by atoms with Gasteiger partial charge in [-0.25, -0.2) is 5.48 Å². The number of benzene rings is 2. The predicted octanol–water partition coefficient (Wildman–Crippen LogP) is 2.35. The number of hydroxylamine groups is 1. The molecule has 5 nitrogen and oxygen atoms in total. The van der Waals surface area contributed by atoms with Gasteiger partial charge in [-0.2, -0.15) is 0 Å². The number of nitrogens with zero attached hydrogens (tertiary/aromatic N) is 1. The van der Waals surface area contributed by atoms with Crippen LogP contribution < -0.4 is 5.48 Å². The lowest BCUT2D eigenvalue weighted by atomic mass is 10.0. The zero-order valence-corrected chi connectivity index (χ0v) is 13.6. The van der Waals surface area contributed by atoms with Gasteiger partial charge in [0.05, 0.1) is 19.8 Å². The summed E-state index contributed by atoms with van der Waals surface area (Å²) in [4.78, 5) is 19.8. The molecule has 1 aliphatic rings. The zero-order valence-electron chi connectivity index (χ0n) is 13.6. The number of carbonyl (C=O) groups excluding carboxylic acids is 1. The predicted molar refractivity (Wildman–Crippen MR) is 92.6 cm³/mol. The summed E-state index contributed by atoms with van der Waals surface area (Å²) in [5.74, 6) is -0.227. The molecular weight excluding hydrogens is 304 g/mol. The first-order chi connectivity index (χ1) is 11.8. The highest BCUT2D eigenvalue weighted by Crippen LogP contribution is 2.19. The van der Waals surface area contributed by atoms with Gasteiger partial charge < -0.3 is 4.74 Å². The average molecular weight is 326 g/mol. The topological polar surface area (TPSA) is 50.8 Å². The third-order valence-corrected chi connectivity index (χ3v) is 4.01. The van der Waals surface area contributed by atoms with E-state index in [1.807, 2.05) is 48.5 Å². The molecule has 1 fully saturated rings. The van der Waals surface area contributed by atoms with E-state index in [9.17, 15) is 4.79 Å². The molecule has 0 aromatic heterocycles. The fraction of sp³-hybridized carbons (Fsp3) is 0.316. The monoisotopic (exact) mass is 326 g/mol. The zero-order chi connectivity index (χ0) is 16.6. The number of carbonyl (C=O) groups is 1. The fourth-order valence-electron chi connectivity index (χ4n) is 2.65. The number of hydrogen-bond donors (Lipinski definition) is 1. The Morgan fingerprint density at radius 2 is 1.79 bits per heavy atom. The van der Waals surface area contributed by atoms with Gasteiger partial charge in [0.25, 0.3) is 5.91 Å². The number of nitrogens with one attached hydrogen (secondary N) is 1. The second-order valence-electron chi connectivity index (χ2n) is 5.68. The molecule has 126 valence electrons. The maximum atomic E-state index is 12.2. The van der Waals surface area contributed by atoms with Crippen LogP contribution in [-0.4, -0.2) is 50.3 Å². The van der Waals surface area contributed by atoms with Crippen molar-refractivity contribution in [1.29, 1.82) is 0 Å². The van der Waals surface area contributed by atoms with Crippen LogP contribution in [0.15, 0.2) is 54.6 Å². The maximum Gasteiger partial charge on any atom is 0.274 e. The van der Waals surface area contributed by atoms with Crippen LogP contribution in [0, 0.1) is 0 Å². The number of morpholine rings is 1. The van der Waals surface area contributed by atoms with Crippen molar-refractivity contribution >= 4 is 5.91 Å². The maximum absolute atomic E-state index is 12.2. The second kappa shape index (κ2) is 8.59. The Labute approximate surface area is 142 Å². The van der Waals surface area contributed by atoms with E-state index in [0.29, 0.717) is 12.2 Å². The van der Waals surface area contributed by atoms with Gasteiger partial charge in [-0.15, -0.1) is 0 Å². The summed E-state index contributed by atoms with van der Waals surface area (Å²) in [6, 6.07) is 17.5. The van der Waals surface area contributed by atoms with Crippen molar-refractivity contribution in [1.82, 2.24) is 10.4 Å². The lowest BCUT2D eigenvalue weighted by Crippen LogP contribution is -2.39. The van der Waals surface area contributed by atoms with E-state index in [2.05, 4.69) is 10.4 Å². The Bertz CT molecular complexity index is 655. The minimum absolute atomic E-state index is 0.227. The molecule has 0 atom stereocenters. The molecule has 1 amide bonds. The van der Waals surface area contributed by atoms with Crippen LogP contribution >= 0.6 is 0 Å². The summed E-state index contributed by atoms with van der Waals surface area (Å²) in [6.07, 6.45) is 0. The first kappa shape index (κ1) is 16.6. The number of ether oxygens (including phenoxy) is 1. The second-order valence-corrected chi connectivity index (χ2v) is 5.68. The molecule has 0 radical (unpaired) electrons. The highest BCUT2D eigenvalue weighted by Gasteiger charge is 2.11. The molecule has 5 heteroatoms. The van der Waals surface area contributed by atoms with Gasteiger partial charge in [0.2, 0.25) is 0 Å². The van der Waals surface area contributed by atoms with E-state index >= 15 is 0 Å². The first-order valence-electron chi connectivity index (χ1n) is 8.21. The third-order valence-electron chi connectivity index (χ3n) is 4.01. The molecule has 1 heterocycles. The largest absolute Gasteiger partial charge is 0.379 e. The Balaban J connectivity index is 1.50. The van der Waals surface area contributed by atoms with Crippen molar-refractivity contribution < 1.29 is 14.4 Å². The lowest BCUT2D eigenvalue weighted by molar-refractivity contribution is -0.00176. The van der Waals surface area contributed by atoms with E-state index in [4.69, 9.17) is 9.57 Å². The summed E-state index contributed by atoms with van der Waals surface area (Å²) in [5, 5.41) is 0. The van der Waals surface area contributed by atoms with Gasteiger partial charge >= 0.3 is 0 Å². The summed E-state index contributed by atoms with van der Waals surface area (Å²) in [5.41, 5.74) is 5.20. The number of rotatable bonds is 6. The van der Waals surface area contributed by atoms with E-state index in [0.717, 1.165) is 44.0 Å². The highest BCUT2D eigenvalue weighted by molar-refractivity contribution is 5.94. The molecule has 24 heavy (non-hydrogen) atoms. The molecule has 1 saturated heterocycles. The van der Waals surface area contributed by atoms with E-state index in [-0.39, 0.29) is 5.91 Å². The van der Waals surface area contributed by atoms with Crippen LogP contribution in [0.4, 0.5) is 0 Å². The highest BCUT2D eigenvalue weighted by atomic mass is 16.7. The van der Waals surface area contributed by atoms with Gasteiger partial charge in [0, 0.05) is 25.2 Å². The van der Waals surface area contributed by atoms with Crippen LogP contribution in [0.2, 0.25) is 0 Å². The summed E-state index contributed by atoms with van der Waals surface area (Å²) in [6.45, 7) is 4.60. The summed E-state index contributed by atoms with van der Waals surface area (Å²) in [7, 11) is 0. The van der Waals surface area contributed by atoms with Crippen LogP contribution in [0.5, 0.6) is 0 Å². The van der Waals surface area contributed by atoms with Gasteiger partial charge in [-0.1, -0.05) is 42.5 Å². The quantitative estimate of drug-likeness (QED) is 0.654. The number of hydrogen-bond acceptors (Lipinski definition) is 4. The standard InChI is InChI=1S/C19H22N2O3/c22-19(20-24-14-11-21-9-12-23-13-10-21)18-8-4-7-17(15-18)16-5-2-1-3-6-16/h1-8,15H,9-14H2,(H,20,22). The van der Waals surface area contributed by atoms with Crippen LogP contribution in [0.1, 0.15) is 10.4 Å². The Morgan fingerprint density at radius 1 is 1.04 bits per heavy atom.